The van der Waals surface area contributed by atoms with Crippen molar-refractivity contribution in [1.82, 2.24) is 5.32 Å². The molecule has 0 bridgehead atoms. The average molecular weight is 234 g/mol. The summed E-state index contributed by atoms with van der Waals surface area (Å²) in [6.07, 6.45) is 2.20. The summed E-state index contributed by atoms with van der Waals surface area (Å²) in [5.41, 5.74) is 8.30. The van der Waals surface area contributed by atoms with E-state index >= 15 is 0 Å². The first-order valence-electron chi connectivity index (χ1n) is 6.34. The second-order valence-electron chi connectivity index (χ2n) is 4.78. The minimum Gasteiger partial charge on any atom is -0.496 e. The first-order valence-corrected chi connectivity index (χ1v) is 6.34. The van der Waals surface area contributed by atoms with Gasteiger partial charge in [-0.3, -0.25) is 0 Å². The lowest BCUT2D eigenvalue weighted by Gasteiger charge is -2.21. The Morgan fingerprint density at radius 1 is 1.47 bits per heavy atom. The lowest BCUT2D eigenvalue weighted by molar-refractivity contribution is 0.400. The summed E-state index contributed by atoms with van der Waals surface area (Å²) in [4.78, 5) is 0. The third-order valence-electron chi connectivity index (χ3n) is 3.61. The molecule has 1 heterocycles. The van der Waals surface area contributed by atoms with Gasteiger partial charge >= 0.3 is 0 Å². The number of rotatable bonds is 4. The van der Waals surface area contributed by atoms with Gasteiger partial charge in [0.2, 0.25) is 0 Å². The van der Waals surface area contributed by atoms with Crippen molar-refractivity contribution in [2.45, 2.75) is 31.7 Å². The molecule has 94 valence electrons. The second-order valence-corrected chi connectivity index (χ2v) is 4.78. The molecule has 3 N–H and O–H groups in total. The molecule has 1 aliphatic heterocycles. The monoisotopic (exact) mass is 234 g/mol. The fraction of sp³-hybridized carbons (Fsp3) is 0.571. The number of nitrogens with two attached hydrogens (primary N) is 1. The molecule has 1 aromatic rings. The van der Waals surface area contributed by atoms with Gasteiger partial charge in [-0.2, -0.15) is 0 Å². The van der Waals surface area contributed by atoms with E-state index in [1.165, 1.54) is 17.5 Å². The molecule has 1 fully saturated rings. The molecule has 1 aliphatic rings. The maximum atomic E-state index is 5.68. The topological polar surface area (TPSA) is 47.3 Å². The van der Waals surface area contributed by atoms with Gasteiger partial charge in [-0.05, 0) is 44.5 Å². The van der Waals surface area contributed by atoms with E-state index in [-0.39, 0.29) is 0 Å². The fourth-order valence-electron chi connectivity index (χ4n) is 2.77. The van der Waals surface area contributed by atoms with Gasteiger partial charge in [0.25, 0.3) is 0 Å². The molecule has 0 amide bonds. The van der Waals surface area contributed by atoms with Crippen LogP contribution in [-0.2, 0) is 0 Å². The summed E-state index contributed by atoms with van der Waals surface area (Å²) < 4.78 is 5.48. The summed E-state index contributed by atoms with van der Waals surface area (Å²) in [5.74, 6) is 1.54. The van der Waals surface area contributed by atoms with Crippen molar-refractivity contribution in [3.8, 4) is 5.75 Å². The van der Waals surface area contributed by atoms with E-state index in [1.54, 1.807) is 7.11 Å². The van der Waals surface area contributed by atoms with Crippen molar-refractivity contribution >= 4 is 0 Å². The Hall–Kier alpha value is -1.06. The van der Waals surface area contributed by atoms with Crippen LogP contribution >= 0.6 is 0 Å². The number of hydrogen-bond acceptors (Lipinski definition) is 3. The number of nitrogens with one attached hydrogen (secondary N) is 1. The standard InChI is InChI=1S/C14H22N2O/c1-10-3-4-14(17-2)12(9-10)11-6-8-16-13(11)5-7-15/h3-4,9,11,13,16H,5-8,15H2,1-2H3. The highest BCUT2D eigenvalue weighted by Gasteiger charge is 2.29. The predicted molar refractivity (Wildman–Crippen MR) is 70.6 cm³/mol. The van der Waals surface area contributed by atoms with E-state index in [2.05, 4.69) is 30.4 Å². The van der Waals surface area contributed by atoms with Crippen molar-refractivity contribution < 1.29 is 4.74 Å². The molecule has 2 rings (SSSR count). The van der Waals surface area contributed by atoms with Gasteiger partial charge in [0.15, 0.2) is 0 Å². The zero-order valence-electron chi connectivity index (χ0n) is 10.7. The van der Waals surface area contributed by atoms with Gasteiger partial charge < -0.3 is 15.8 Å². The molecule has 0 saturated carbocycles. The Morgan fingerprint density at radius 3 is 3.00 bits per heavy atom. The molecule has 17 heavy (non-hydrogen) atoms. The highest BCUT2D eigenvalue weighted by molar-refractivity contribution is 5.40. The summed E-state index contributed by atoms with van der Waals surface area (Å²) >= 11 is 0. The van der Waals surface area contributed by atoms with Crippen LogP contribution in [0.5, 0.6) is 5.75 Å². The van der Waals surface area contributed by atoms with Crippen LogP contribution in [0.4, 0.5) is 0 Å². The number of methoxy groups -OCH3 is 1. The van der Waals surface area contributed by atoms with Crippen LogP contribution in [0.1, 0.15) is 29.9 Å². The molecule has 0 spiro atoms. The number of aryl methyl sites for hydroxylation is 1. The Kier molecular flexibility index (Phi) is 4.02. The Balaban J connectivity index is 2.28. The van der Waals surface area contributed by atoms with Crippen LogP contribution in [0, 0.1) is 6.92 Å². The Bertz CT molecular complexity index is 378. The largest absolute Gasteiger partial charge is 0.496 e. The number of benzene rings is 1. The summed E-state index contributed by atoms with van der Waals surface area (Å²) in [7, 11) is 1.74. The lowest BCUT2D eigenvalue weighted by atomic mass is 9.88. The van der Waals surface area contributed by atoms with Crippen LogP contribution in [0.2, 0.25) is 0 Å². The lowest BCUT2D eigenvalue weighted by Crippen LogP contribution is -2.28. The minimum absolute atomic E-state index is 0.496. The zero-order chi connectivity index (χ0) is 12.3. The third kappa shape index (κ3) is 2.61. The SMILES string of the molecule is COc1ccc(C)cc1C1CCNC1CCN. The first kappa shape index (κ1) is 12.4. The molecule has 0 radical (unpaired) electrons. The quantitative estimate of drug-likeness (QED) is 0.835. The van der Waals surface area contributed by atoms with E-state index < -0.39 is 0 Å². The molecular formula is C14H22N2O. The van der Waals surface area contributed by atoms with Crippen LogP contribution < -0.4 is 15.8 Å². The molecule has 2 atom stereocenters. The molecule has 1 aromatic carbocycles. The molecule has 0 aromatic heterocycles. The summed E-state index contributed by atoms with van der Waals surface area (Å²) in [6, 6.07) is 6.92. The van der Waals surface area contributed by atoms with Crippen molar-refractivity contribution in [2.75, 3.05) is 20.2 Å². The van der Waals surface area contributed by atoms with Crippen molar-refractivity contribution in [2.24, 2.45) is 5.73 Å². The van der Waals surface area contributed by atoms with E-state index in [0.717, 1.165) is 25.3 Å². The van der Waals surface area contributed by atoms with Gasteiger partial charge in [0.05, 0.1) is 7.11 Å². The van der Waals surface area contributed by atoms with Gasteiger partial charge in [-0.1, -0.05) is 17.7 Å². The van der Waals surface area contributed by atoms with Gasteiger partial charge in [-0.25, -0.2) is 0 Å². The van der Waals surface area contributed by atoms with Crippen molar-refractivity contribution in [3.05, 3.63) is 29.3 Å². The molecule has 0 aliphatic carbocycles. The maximum Gasteiger partial charge on any atom is 0.122 e. The number of hydrogen-bond donors (Lipinski definition) is 2. The fourth-order valence-corrected chi connectivity index (χ4v) is 2.77. The van der Waals surface area contributed by atoms with E-state index in [1.807, 2.05) is 0 Å². The second kappa shape index (κ2) is 5.52. The van der Waals surface area contributed by atoms with Crippen molar-refractivity contribution in [1.29, 1.82) is 0 Å². The Morgan fingerprint density at radius 2 is 2.29 bits per heavy atom. The van der Waals surface area contributed by atoms with Gasteiger partial charge in [0.1, 0.15) is 5.75 Å². The average Bonchev–Trinajstić information content (AvgIpc) is 2.77. The van der Waals surface area contributed by atoms with Crippen LogP contribution in [-0.4, -0.2) is 26.2 Å². The highest BCUT2D eigenvalue weighted by Crippen LogP contribution is 2.35. The summed E-state index contributed by atoms with van der Waals surface area (Å²) in [6.45, 7) is 3.94. The van der Waals surface area contributed by atoms with E-state index in [0.29, 0.717) is 12.0 Å². The molecule has 2 unspecified atom stereocenters. The third-order valence-corrected chi connectivity index (χ3v) is 3.61. The zero-order valence-corrected chi connectivity index (χ0v) is 10.7. The van der Waals surface area contributed by atoms with Gasteiger partial charge in [0, 0.05) is 12.0 Å². The van der Waals surface area contributed by atoms with Crippen LogP contribution in [0.15, 0.2) is 18.2 Å². The van der Waals surface area contributed by atoms with E-state index in [9.17, 15) is 0 Å². The van der Waals surface area contributed by atoms with Crippen LogP contribution in [0.25, 0.3) is 0 Å². The molecule has 1 saturated heterocycles. The van der Waals surface area contributed by atoms with Crippen molar-refractivity contribution in [3.63, 3.8) is 0 Å². The molecule has 3 nitrogen and oxygen atoms in total. The molecule has 3 heteroatoms. The highest BCUT2D eigenvalue weighted by atomic mass is 16.5. The minimum atomic E-state index is 0.496. The number of ether oxygens (including phenoxy) is 1. The smallest absolute Gasteiger partial charge is 0.122 e. The van der Waals surface area contributed by atoms with E-state index in [4.69, 9.17) is 10.5 Å². The Labute approximate surface area is 103 Å². The van der Waals surface area contributed by atoms with Gasteiger partial charge in [-0.15, -0.1) is 0 Å². The normalized spacial score (nSPS) is 23.9. The first-order chi connectivity index (χ1) is 8.26. The summed E-state index contributed by atoms with van der Waals surface area (Å²) in [5, 5.41) is 3.54. The van der Waals surface area contributed by atoms with Crippen LogP contribution in [0.3, 0.4) is 0 Å². The maximum absolute atomic E-state index is 5.68. The predicted octanol–water partition coefficient (Wildman–Crippen LogP) is 1.80. The molecular weight excluding hydrogens is 212 g/mol.